The lowest BCUT2D eigenvalue weighted by Crippen LogP contribution is -2.41. The molecule has 2 nitrogen and oxygen atoms in total. The molecule has 210 valence electrons. The predicted octanol–water partition coefficient (Wildman–Crippen LogP) is 9.56. The molecule has 2 unspecified atom stereocenters. The minimum absolute atomic E-state index is 0.000775. The lowest BCUT2D eigenvalue weighted by molar-refractivity contribution is 0.00578. The van der Waals surface area contributed by atoms with Crippen molar-refractivity contribution in [1.29, 1.82) is 0 Å². The molecule has 0 N–H and O–H groups in total. The van der Waals surface area contributed by atoms with E-state index in [9.17, 15) is 0 Å². The molecule has 1 fully saturated rings. The zero-order chi connectivity index (χ0) is 28.9. The number of hydrogen-bond donors (Lipinski definition) is 0. The summed E-state index contributed by atoms with van der Waals surface area (Å²) in [4.78, 5) is 0. The highest BCUT2D eigenvalue weighted by Gasteiger charge is 2.54. The van der Waals surface area contributed by atoms with E-state index in [-0.39, 0.29) is 29.2 Å². The molecule has 3 heteroatoms. The van der Waals surface area contributed by atoms with E-state index in [0.717, 1.165) is 18.3 Å². The molecule has 0 spiro atoms. The fraction of sp³-hybridized carbons (Fsp3) is 0.421. The summed E-state index contributed by atoms with van der Waals surface area (Å²) < 4.78 is 12.9. The highest BCUT2D eigenvalue weighted by atomic mass is 16.7. The molecule has 0 aromatic heterocycles. The van der Waals surface area contributed by atoms with Crippen molar-refractivity contribution in [2.45, 2.75) is 96.2 Å². The minimum Gasteiger partial charge on any atom is -0.399 e. The van der Waals surface area contributed by atoms with Gasteiger partial charge in [-0.1, -0.05) is 101 Å². The van der Waals surface area contributed by atoms with Crippen LogP contribution in [0.5, 0.6) is 0 Å². The number of fused-ring (bicyclic) bond motifs is 6. The van der Waals surface area contributed by atoms with Crippen molar-refractivity contribution in [2.24, 2.45) is 5.92 Å². The lowest BCUT2D eigenvalue weighted by atomic mass is 9.67. The molecule has 41 heavy (non-hydrogen) atoms. The molecule has 0 amide bonds. The zero-order valence-electron chi connectivity index (χ0n) is 26.0. The van der Waals surface area contributed by atoms with Gasteiger partial charge in [-0.2, -0.15) is 0 Å². The van der Waals surface area contributed by atoms with Crippen LogP contribution < -0.4 is 0 Å². The van der Waals surface area contributed by atoms with E-state index < -0.39 is 0 Å². The number of hydrogen-bond acceptors (Lipinski definition) is 2. The second kappa shape index (κ2) is 8.82. The minimum atomic E-state index is -0.337. The van der Waals surface area contributed by atoms with Gasteiger partial charge in [-0.25, -0.2) is 0 Å². The van der Waals surface area contributed by atoms with Crippen molar-refractivity contribution < 1.29 is 9.31 Å². The SMILES string of the molecule is CCC1(CC)c2ccccc2-c2ccc(-c3ccc4c(c3)C(C)(C)C3C=C(B5OC(C)(C)C(C)(C)O5)C=CC43)cc21. The predicted molar refractivity (Wildman–Crippen MR) is 171 cm³/mol. The van der Waals surface area contributed by atoms with E-state index in [4.69, 9.17) is 9.31 Å². The van der Waals surface area contributed by atoms with Gasteiger partial charge < -0.3 is 9.31 Å². The van der Waals surface area contributed by atoms with Crippen molar-refractivity contribution >= 4 is 7.12 Å². The van der Waals surface area contributed by atoms with Gasteiger partial charge in [0, 0.05) is 11.3 Å². The van der Waals surface area contributed by atoms with Crippen molar-refractivity contribution in [2.75, 3.05) is 0 Å². The van der Waals surface area contributed by atoms with Crippen LogP contribution in [0.3, 0.4) is 0 Å². The monoisotopic (exact) mass is 542 g/mol. The van der Waals surface area contributed by atoms with Gasteiger partial charge in [0.25, 0.3) is 0 Å². The third-order valence-electron chi connectivity index (χ3n) is 11.5. The first-order valence-corrected chi connectivity index (χ1v) is 15.6. The van der Waals surface area contributed by atoms with Gasteiger partial charge in [0.2, 0.25) is 0 Å². The Morgan fingerprint density at radius 1 is 0.707 bits per heavy atom. The van der Waals surface area contributed by atoms with E-state index in [1.165, 1.54) is 44.5 Å². The topological polar surface area (TPSA) is 18.5 Å². The van der Waals surface area contributed by atoms with Gasteiger partial charge in [-0.15, -0.1) is 0 Å². The fourth-order valence-electron chi connectivity index (χ4n) is 8.20. The Kier molecular flexibility index (Phi) is 5.80. The molecule has 0 bridgehead atoms. The maximum atomic E-state index is 6.43. The molecular weight excluding hydrogens is 499 g/mol. The van der Waals surface area contributed by atoms with Crippen molar-refractivity contribution in [3.05, 3.63) is 107 Å². The smallest absolute Gasteiger partial charge is 0.399 e. The van der Waals surface area contributed by atoms with Crippen molar-refractivity contribution in [1.82, 2.24) is 0 Å². The molecule has 1 heterocycles. The molecule has 2 atom stereocenters. The fourth-order valence-corrected chi connectivity index (χ4v) is 8.20. The summed E-state index contributed by atoms with van der Waals surface area (Å²) in [6, 6.07) is 23.5. The van der Waals surface area contributed by atoms with Crippen LogP contribution in [0.15, 0.2) is 84.4 Å². The van der Waals surface area contributed by atoms with Gasteiger partial charge in [0.15, 0.2) is 0 Å². The van der Waals surface area contributed by atoms with Crippen LogP contribution in [0.2, 0.25) is 0 Å². The summed E-state index contributed by atoms with van der Waals surface area (Å²) >= 11 is 0. The molecule has 3 aromatic carbocycles. The molecule has 4 aliphatic rings. The average Bonchev–Trinajstić information content (AvgIpc) is 3.47. The number of benzene rings is 3. The standard InChI is InChI=1S/C38H43BO2/c1-9-38(10-2)31-14-12-11-13-27(31)30-19-16-25(22-34(30)38)24-15-18-28-29-20-17-26(23-33(29)35(3,4)32(28)21-24)39-40-36(5,6)37(7,8)41-39/h11-23,29,33H,9-10H2,1-8H3. The Morgan fingerprint density at radius 3 is 2.00 bits per heavy atom. The second-order valence-corrected chi connectivity index (χ2v) is 14.3. The van der Waals surface area contributed by atoms with Crippen molar-refractivity contribution in [3.63, 3.8) is 0 Å². The highest BCUT2D eigenvalue weighted by Crippen LogP contribution is 2.56. The third kappa shape index (κ3) is 3.64. The first kappa shape index (κ1) is 27.0. The Bertz CT molecular complexity index is 1600. The van der Waals surface area contributed by atoms with Crippen LogP contribution >= 0.6 is 0 Å². The Hall–Kier alpha value is -2.88. The molecule has 1 aliphatic heterocycles. The normalized spacial score (nSPS) is 25.4. The summed E-state index contributed by atoms with van der Waals surface area (Å²) in [6.45, 7) is 18.0. The molecule has 1 saturated heterocycles. The van der Waals surface area contributed by atoms with Gasteiger partial charge in [-0.3, -0.25) is 0 Å². The number of rotatable bonds is 4. The van der Waals surface area contributed by atoms with Crippen LogP contribution in [-0.2, 0) is 20.1 Å². The quantitative estimate of drug-likeness (QED) is 0.306. The molecule has 7 rings (SSSR count). The summed E-state index contributed by atoms with van der Waals surface area (Å²) in [7, 11) is -0.319. The molecular formula is C38H43BO2. The largest absolute Gasteiger partial charge is 0.494 e. The van der Waals surface area contributed by atoms with E-state index >= 15 is 0 Å². The Morgan fingerprint density at radius 2 is 1.32 bits per heavy atom. The summed E-state index contributed by atoms with van der Waals surface area (Å²) in [6.07, 6.45) is 9.30. The van der Waals surface area contributed by atoms with Gasteiger partial charge in [0.1, 0.15) is 0 Å². The highest BCUT2D eigenvalue weighted by molar-refractivity contribution is 6.55. The van der Waals surface area contributed by atoms with Crippen LogP contribution in [0.25, 0.3) is 22.3 Å². The van der Waals surface area contributed by atoms with E-state index in [1.807, 2.05) is 0 Å². The third-order valence-corrected chi connectivity index (χ3v) is 11.5. The van der Waals surface area contributed by atoms with E-state index in [1.54, 1.807) is 0 Å². The summed E-state index contributed by atoms with van der Waals surface area (Å²) in [5.74, 6) is 0.747. The van der Waals surface area contributed by atoms with Crippen LogP contribution in [0, 0.1) is 5.92 Å². The molecule has 3 aromatic rings. The van der Waals surface area contributed by atoms with Crippen molar-refractivity contribution in [3.8, 4) is 22.3 Å². The maximum absolute atomic E-state index is 6.43. The molecule has 0 radical (unpaired) electrons. The summed E-state index contributed by atoms with van der Waals surface area (Å²) in [5, 5.41) is 0. The van der Waals surface area contributed by atoms with Crippen LogP contribution in [0.1, 0.15) is 96.4 Å². The van der Waals surface area contributed by atoms with E-state index in [2.05, 4.69) is 134 Å². The number of allylic oxidation sites excluding steroid dienone is 4. The van der Waals surface area contributed by atoms with E-state index in [0.29, 0.717) is 11.8 Å². The van der Waals surface area contributed by atoms with Crippen LogP contribution in [0.4, 0.5) is 0 Å². The summed E-state index contributed by atoms with van der Waals surface area (Å²) in [5.41, 5.74) is 11.9. The van der Waals surface area contributed by atoms with Crippen LogP contribution in [-0.4, -0.2) is 18.3 Å². The van der Waals surface area contributed by atoms with Gasteiger partial charge >= 0.3 is 7.12 Å². The first-order valence-electron chi connectivity index (χ1n) is 15.6. The zero-order valence-corrected chi connectivity index (χ0v) is 26.0. The van der Waals surface area contributed by atoms with Gasteiger partial charge in [-0.05, 0) is 108 Å². The van der Waals surface area contributed by atoms with Gasteiger partial charge in [0.05, 0.1) is 11.2 Å². The molecule has 0 saturated carbocycles. The first-order chi connectivity index (χ1) is 19.4. The Balaban J connectivity index is 1.25. The Labute approximate surface area is 247 Å². The lowest BCUT2D eigenvalue weighted by Gasteiger charge is -2.32. The maximum Gasteiger partial charge on any atom is 0.494 e. The second-order valence-electron chi connectivity index (χ2n) is 14.3. The average molecular weight is 543 g/mol. The molecule has 3 aliphatic carbocycles.